The smallest absolute Gasteiger partial charge is 0.0710 e. The Labute approximate surface area is 576 Å². The number of benzene rings is 16. The molecule has 22 rings (SSSR count). The highest BCUT2D eigenvalue weighted by molar-refractivity contribution is 6.32. The van der Waals surface area contributed by atoms with Crippen LogP contribution in [0.3, 0.4) is 0 Å². The second-order valence-electron chi connectivity index (χ2n) is 27.4. The second-order valence-corrected chi connectivity index (χ2v) is 27.4. The van der Waals surface area contributed by atoms with Gasteiger partial charge in [0.15, 0.2) is 0 Å². The van der Waals surface area contributed by atoms with Gasteiger partial charge in [-0.05, 0) is 169 Å². The molecule has 0 aliphatic heterocycles. The molecule has 0 N–H and O–H groups in total. The molecule has 5 heteroatoms. The third-order valence-electron chi connectivity index (χ3n) is 22.2. The first kappa shape index (κ1) is 56.6. The summed E-state index contributed by atoms with van der Waals surface area (Å²) in [5, 5.41) is 25.9. The van der Waals surface area contributed by atoms with Gasteiger partial charge in [-0.15, -0.1) is 0 Å². The van der Waals surface area contributed by atoms with Crippen LogP contribution in [0.25, 0.3) is 186 Å². The van der Waals surface area contributed by atoms with Gasteiger partial charge >= 0.3 is 0 Å². The molecule has 5 aromatic heterocycles. The highest BCUT2D eigenvalue weighted by Crippen LogP contribution is 2.49. The van der Waals surface area contributed by atoms with E-state index in [1.54, 1.807) is 0 Å². The van der Waals surface area contributed by atoms with Crippen molar-refractivity contribution < 1.29 is 0 Å². The molecular weight excluding hydrogens is 1210 g/mol. The van der Waals surface area contributed by atoms with Gasteiger partial charge in [0.2, 0.25) is 0 Å². The maximum absolute atomic E-state index is 5.19. The minimum absolute atomic E-state index is 0.587. The van der Waals surface area contributed by atoms with Crippen LogP contribution in [0.2, 0.25) is 0 Å². The zero-order valence-electron chi connectivity index (χ0n) is 55.0. The monoisotopic (exact) mass is 1280 g/mol. The maximum atomic E-state index is 5.19. The van der Waals surface area contributed by atoms with Gasteiger partial charge in [-0.1, -0.05) is 256 Å². The molecule has 0 amide bonds. The molecule has 5 heterocycles. The number of hydrogen-bond donors (Lipinski definition) is 0. The van der Waals surface area contributed by atoms with Crippen LogP contribution >= 0.6 is 0 Å². The predicted molar refractivity (Wildman–Crippen MR) is 424 cm³/mol. The standard InChI is InChI=1S/C48H36N2.C47H29N3/c1-3-15-31(16-4-1)33-27-29-43(46-38-23-10-8-20-35(38)34-19-7-9-22-37(34)45(33)46)50-42-26-14-12-24-40(42)47-44(50)30-28-39-36-21-11-13-25-41(36)49(48(39)47)32-17-5-2-6-18-32;1-2-13-30(14-3-1)49-43-23-10-8-18-35(43)40-27-41-36-19-9-11-24-44(36)50(46(41)28-45(40)49)31-25-26-42(48-29-31)39-22-12-21-38-34-16-5-4-15-32(34)33-17-6-7-20-37(33)47(38)39/h2,5-14,17-31H,1,3-4,15-16H2;1-29H. The Balaban J connectivity index is 0.000000131. The van der Waals surface area contributed by atoms with E-state index < -0.39 is 0 Å². The average Bonchev–Trinajstić information content (AvgIpc) is 1.65. The Bertz CT molecular complexity index is 6870. The summed E-state index contributed by atoms with van der Waals surface area (Å²) in [6, 6.07) is 118. The van der Waals surface area contributed by atoms with E-state index in [4.69, 9.17) is 4.98 Å². The van der Waals surface area contributed by atoms with Gasteiger partial charge < -0.3 is 18.3 Å². The molecule has 0 saturated heterocycles. The van der Waals surface area contributed by atoms with Gasteiger partial charge in [-0.3, -0.25) is 4.98 Å². The fourth-order valence-corrected chi connectivity index (χ4v) is 18.0. The van der Waals surface area contributed by atoms with E-state index in [2.05, 4.69) is 340 Å². The number of fused-ring (bicyclic) bond motifs is 25. The van der Waals surface area contributed by atoms with Crippen molar-refractivity contribution >= 4 is 152 Å². The summed E-state index contributed by atoms with van der Waals surface area (Å²) >= 11 is 0. The molecule has 1 aliphatic rings. The summed E-state index contributed by atoms with van der Waals surface area (Å²) in [5.41, 5.74) is 18.0. The van der Waals surface area contributed by atoms with Gasteiger partial charge in [0.05, 0.1) is 67.4 Å². The minimum atomic E-state index is 0.587. The summed E-state index contributed by atoms with van der Waals surface area (Å²) in [6.07, 6.45) is 8.57. The van der Waals surface area contributed by atoms with Crippen molar-refractivity contribution in [3.05, 3.63) is 333 Å². The van der Waals surface area contributed by atoms with E-state index in [1.807, 2.05) is 6.20 Å². The number of pyridine rings is 1. The Morgan fingerprint density at radius 3 is 1.24 bits per heavy atom. The van der Waals surface area contributed by atoms with E-state index in [-0.39, 0.29) is 0 Å². The lowest BCUT2D eigenvalue weighted by Gasteiger charge is -2.26. The van der Waals surface area contributed by atoms with E-state index in [0.717, 1.165) is 28.1 Å². The second kappa shape index (κ2) is 22.5. The first-order valence-corrected chi connectivity index (χ1v) is 35.4. The number of aromatic nitrogens is 5. The third-order valence-corrected chi connectivity index (χ3v) is 22.2. The van der Waals surface area contributed by atoms with Crippen LogP contribution in [-0.4, -0.2) is 23.3 Å². The zero-order valence-corrected chi connectivity index (χ0v) is 55.0. The van der Waals surface area contributed by atoms with Crippen LogP contribution in [0, 0.1) is 0 Å². The lowest BCUT2D eigenvalue weighted by Crippen LogP contribution is -2.07. The maximum Gasteiger partial charge on any atom is 0.0710 e. The molecule has 470 valence electrons. The molecule has 100 heavy (non-hydrogen) atoms. The lowest BCUT2D eigenvalue weighted by atomic mass is 9.80. The molecule has 0 radical (unpaired) electrons. The van der Waals surface area contributed by atoms with Crippen molar-refractivity contribution in [3.63, 3.8) is 0 Å². The largest absolute Gasteiger partial charge is 0.309 e. The van der Waals surface area contributed by atoms with Crippen LogP contribution in [0.5, 0.6) is 0 Å². The summed E-state index contributed by atoms with van der Waals surface area (Å²) in [5.74, 6) is 0.587. The molecule has 1 aliphatic carbocycles. The van der Waals surface area contributed by atoms with Crippen molar-refractivity contribution in [1.29, 1.82) is 0 Å². The highest BCUT2D eigenvalue weighted by Gasteiger charge is 2.27. The SMILES string of the molecule is c1ccc(-n2c3ccccc3c3cc4c5ccccc5n(-c5ccc(-c6cccc7c8ccccc8c8ccccc8c67)nc5)c4cc32)cc1.c1ccc(-n2c3ccccc3c3ccc4c(c5ccccc5n4-c4ccc(C5CCCCC5)c5c6ccccc6c6ccccc6c45)c32)cc1. The molecule has 5 nitrogen and oxygen atoms in total. The van der Waals surface area contributed by atoms with Crippen LogP contribution in [0.4, 0.5) is 0 Å². The third kappa shape index (κ3) is 8.39. The van der Waals surface area contributed by atoms with Crippen molar-refractivity contribution in [2.45, 2.75) is 38.0 Å². The molecule has 16 aromatic carbocycles. The Kier molecular flexibility index (Phi) is 12.7. The highest BCUT2D eigenvalue weighted by atomic mass is 15.0. The molecule has 0 unspecified atom stereocenters. The van der Waals surface area contributed by atoms with Crippen molar-refractivity contribution in [3.8, 4) is 34.0 Å². The van der Waals surface area contributed by atoms with Crippen molar-refractivity contribution in [2.75, 3.05) is 0 Å². The Hall–Kier alpha value is -12.6. The first-order valence-electron chi connectivity index (χ1n) is 35.4. The molecule has 0 bridgehead atoms. The fourth-order valence-electron chi connectivity index (χ4n) is 18.0. The molecule has 21 aromatic rings. The summed E-state index contributed by atoms with van der Waals surface area (Å²) in [7, 11) is 0. The van der Waals surface area contributed by atoms with Gasteiger partial charge in [0.25, 0.3) is 0 Å². The van der Waals surface area contributed by atoms with E-state index in [1.165, 1.54) is 195 Å². The quantitative estimate of drug-likeness (QED) is 0.153. The lowest BCUT2D eigenvalue weighted by molar-refractivity contribution is 0.445. The molecule has 1 saturated carbocycles. The van der Waals surface area contributed by atoms with Gasteiger partial charge in [-0.2, -0.15) is 0 Å². The number of hydrogen-bond acceptors (Lipinski definition) is 1. The number of para-hydroxylation sites is 6. The normalized spacial score (nSPS) is 13.2. The van der Waals surface area contributed by atoms with Crippen LogP contribution < -0.4 is 0 Å². The fraction of sp³-hybridized carbons (Fsp3) is 0.0632. The van der Waals surface area contributed by atoms with Gasteiger partial charge in [-0.25, -0.2) is 0 Å². The van der Waals surface area contributed by atoms with Crippen LogP contribution in [0.1, 0.15) is 43.6 Å². The number of rotatable bonds is 6. The van der Waals surface area contributed by atoms with E-state index in [9.17, 15) is 0 Å². The summed E-state index contributed by atoms with van der Waals surface area (Å²) in [6.45, 7) is 0. The Morgan fingerprint density at radius 2 is 0.680 bits per heavy atom. The van der Waals surface area contributed by atoms with Gasteiger partial charge in [0, 0.05) is 65.4 Å². The first-order chi connectivity index (χ1) is 49.7. The molecular formula is C95H65N5. The van der Waals surface area contributed by atoms with Crippen LogP contribution in [-0.2, 0) is 0 Å². The van der Waals surface area contributed by atoms with Crippen molar-refractivity contribution in [1.82, 2.24) is 23.3 Å². The predicted octanol–water partition coefficient (Wildman–Crippen LogP) is 25.8. The average molecular weight is 1280 g/mol. The molecule has 0 spiro atoms. The zero-order chi connectivity index (χ0) is 65.5. The van der Waals surface area contributed by atoms with E-state index in [0.29, 0.717) is 5.92 Å². The van der Waals surface area contributed by atoms with Crippen LogP contribution in [0.15, 0.2) is 328 Å². The summed E-state index contributed by atoms with van der Waals surface area (Å²) in [4.78, 5) is 5.19. The number of nitrogens with zero attached hydrogens (tertiary/aromatic N) is 5. The Morgan fingerprint density at radius 1 is 0.240 bits per heavy atom. The summed E-state index contributed by atoms with van der Waals surface area (Å²) < 4.78 is 9.82. The van der Waals surface area contributed by atoms with Gasteiger partial charge in [0.1, 0.15) is 0 Å². The topological polar surface area (TPSA) is 32.6 Å². The van der Waals surface area contributed by atoms with E-state index >= 15 is 0 Å². The molecule has 0 atom stereocenters. The minimum Gasteiger partial charge on any atom is -0.309 e. The molecule has 1 fully saturated rings. The van der Waals surface area contributed by atoms with Crippen molar-refractivity contribution in [2.24, 2.45) is 0 Å².